The van der Waals surface area contributed by atoms with Gasteiger partial charge < -0.3 is 10.1 Å². The monoisotopic (exact) mass is 507 g/mol. The summed E-state index contributed by atoms with van der Waals surface area (Å²) in [5.74, 6) is 2.28. The van der Waals surface area contributed by atoms with E-state index in [1.54, 1.807) is 6.92 Å². The molecule has 1 amide bonds. The second-order valence-electron chi connectivity index (χ2n) is 13.1. The Morgan fingerprint density at radius 1 is 1.11 bits per heavy atom. The fourth-order valence-electron chi connectivity index (χ4n) is 8.73. The molecule has 0 unspecified atom stereocenters. The van der Waals surface area contributed by atoms with Gasteiger partial charge in [-0.2, -0.15) is 10.2 Å². The summed E-state index contributed by atoms with van der Waals surface area (Å²) in [6.07, 6.45) is 12.2. The highest BCUT2D eigenvalue weighted by molar-refractivity contribution is 5.72. The van der Waals surface area contributed by atoms with E-state index in [1.807, 2.05) is 0 Å². The molecule has 6 nitrogen and oxygen atoms in total. The van der Waals surface area contributed by atoms with Crippen molar-refractivity contribution in [1.82, 2.24) is 15.5 Å². The van der Waals surface area contributed by atoms with Crippen molar-refractivity contribution in [1.29, 1.82) is 0 Å². The first-order valence-corrected chi connectivity index (χ1v) is 14.5. The van der Waals surface area contributed by atoms with Gasteiger partial charge >= 0.3 is 5.97 Å². The quantitative estimate of drug-likeness (QED) is 0.412. The molecule has 37 heavy (non-hydrogen) atoms. The number of rotatable bonds is 6. The number of aromatic nitrogens is 2. The van der Waals surface area contributed by atoms with Gasteiger partial charge in [0.1, 0.15) is 6.10 Å². The summed E-state index contributed by atoms with van der Waals surface area (Å²) in [6.45, 7) is 13.3. The molecule has 0 spiro atoms. The number of allylic oxidation sites excluding steroid dienone is 1. The van der Waals surface area contributed by atoms with Gasteiger partial charge in [-0.25, -0.2) is 0 Å². The Hall–Kier alpha value is -2.24. The molecular formula is C31H45N3O3. The summed E-state index contributed by atoms with van der Waals surface area (Å²) in [6, 6.07) is 0. The van der Waals surface area contributed by atoms with E-state index in [4.69, 9.17) is 14.9 Å². The van der Waals surface area contributed by atoms with E-state index >= 15 is 0 Å². The normalized spacial score (nSPS) is 34.8. The lowest BCUT2D eigenvalue weighted by molar-refractivity contribution is -0.148. The number of esters is 1. The molecule has 6 heteroatoms. The zero-order valence-electron chi connectivity index (χ0n) is 23.7. The Morgan fingerprint density at radius 2 is 1.86 bits per heavy atom. The lowest BCUT2D eigenvalue weighted by Crippen LogP contribution is -2.51. The minimum Gasteiger partial charge on any atom is -0.462 e. The summed E-state index contributed by atoms with van der Waals surface area (Å²) < 4.78 is 5.62. The highest BCUT2D eigenvalue weighted by Crippen LogP contribution is 2.64. The van der Waals surface area contributed by atoms with Crippen molar-refractivity contribution in [2.75, 3.05) is 6.54 Å². The van der Waals surface area contributed by atoms with E-state index in [0.717, 1.165) is 50.6 Å². The van der Waals surface area contributed by atoms with E-state index in [-0.39, 0.29) is 28.8 Å². The number of ether oxygens (including phenoxy) is 1. The molecule has 4 aliphatic carbocycles. The molecule has 202 valence electrons. The molecule has 2 saturated carbocycles. The number of nitrogens with zero attached hydrogens (tertiary/aromatic N) is 2. The van der Waals surface area contributed by atoms with Gasteiger partial charge in [0.25, 0.3) is 0 Å². The standard InChI is InChI=1S/C31H45N3O3/c1-18(17-32-20(3)35)7-10-27-19(2)29-28(34-33-27)16-26-24-9-8-22-15-23(37-21(4)36)11-13-30(22,5)25(24)12-14-31(26,29)6/h8,18,23-26H,7,9-17H2,1-6H3,(H,32,35)/t18-,23-,24+,25-,26-,30+,31+/m1/s1. The first-order valence-electron chi connectivity index (χ1n) is 14.5. The number of hydrogen-bond acceptors (Lipinski definition) is 5. The Kier molecular flexibility index (Phi) is 6.99. The summed E-state index contributed by atoms with van der Waals surface area (Å²) in [5.41, 5.74) is 7.17. The van der Waals surface area contributed by atoms with Gasteiger partial charge in [-0.15, -0.1) is 0 Å². The predicted octanol–water partition coefficient (Wildman–Crippen LogP) is 5.40. The number of aryl methyl sites for hydroxylation is 1. The highest BCUT2D eigenvalue weighted by atomic mass is 16.5. The average Bonchev–Trinajstić information content (AvgIpc) is 3.15. The Balaban J connectivity index is 1.35. The SMILES string of the molecule is CC(=O)NC[C@H](C)CCc1nnc2c(c1C)[C@@]1(C)CC[C@@H]3[C@H](CC=C4C[C@H](OC(C)=O)CC[C@@]43C)[C@H]1C2. The van der Waals surface area contributed by atoms with Crippen molar-refractivity contribution >= 4 is 11.9 Å². The maximum absolute atomic E-state index is 11.6. The van der Waals surface area contributed by atoms with E-state index in [2.05, 4.69) is 39.1 Å². The van der Waals surface area contributed by atoms with Crippen LogP contribution in [0, 0.1) is 36.0 Å². The first-order chi connectivity index (χ1) is 17.5. The minimum absolute atomic E-state index is 0.0332. The van der Waals surface area contributed by atoms with Crippen molar-refractivity contribution in [2.45, 2.75) is 111 Å². The Bertz CT molecular complexity index is 1110. The van der Waals surface area contributed by atoms with Gasteiger partial charge in [-0.1, -0.05) is 32.4 Å². The zero-order chi connectivity index (χ0) is 26.5. The number of fused-ring (bicyclic) bond motifs is 7. The van der Waals surface area contributed by atoms with Crippen LogP contribution in [-0.4, -0.2) is 34.7 Å². The van der Waals surface area contributed by atoms with E-state index < -0.39 is 0 Å². The third-order valence-corrected chi connectivity index (χ3v) is 10.7. The molecule has 7 atom stereocenters. The Labute approximate surface area is 222 Å². The van der Waals surface area contributed by atoms with Crippen LogP contribution in [0.15, 0.2) is 11.6 Å². The van der Waals surface area contributed by atoms with E-state index in [1.165, 1.54) is 42.2 Å². The van der Waals surface area contributed by atoms with Gasteiger partial charge in [0.2, 0.25) is 5.91 Å². The Morgan fingerprint density at radius 3 is 2.59 bits per heavy atom. The van der Waals surface area contributed by atoms with Gasteiger partial charge in [0.05, 0.1) is 11.4 Å². The number of nitrogens with one attached hydrogen (secondary N) is 1. The first kappa shape index (κ1) is 26.4. The lowest BCUT2D eigenvalue weighted by Gasteiger charge is -2.57. The van der Waals surface area contributed by atoms with Crippen LogP contribution in [0.1, 0.15) is 102 Å². The fraction of sp³-hybridized carbons (Fsp3) is 0.742. The van der Waals surface area contributed by atoms with E-state index in [9.17, 15) is 9.59 Å². The average molecular weight is 508 g/mol. The molecule has 1 heterocycles. The van der Waals surface area contributed by atoms with Gasteiger partial charge in [0.15, 0.2) is 0 Å². The molecule has 0 radical (unpaired) electrons. The molecule has 1 aromatic heterocycles. The number of hydrogen-bond donors (Lipinski definition) is 1. The van der Waals surface area contributed by atoms with Crippen LogP contribution in [0.3, 0.4) is 0 Å². The third kappa shape index (κ3) is 4.63. The second kappa shape index (κ2) is 9.81. The summed E-state index contributed by atoms with van der Waals surface area (Å²) in [4.78, 5) is 22.8. The number of carbonyl (C=O) groups is 2. The largest absolute Gasteiger partial charge is 0.462 e. The fourth-order valence-corrected chi connectivity index (χ4v) is 8.73. The van der Waals surface area contributed by atoms with Crippen LogP contribution in [0.2, 0.25) is 0 Å². The van der Waals surface area contributed by atoms with Crippen molar-refractivity contribution in [3.63, 3.8) is 0 Å². The maximum atomic E-state index is 11.6. The summed E-state index contributed by atoms with van der Waals surface area (Å²) in [5, 5.41) is 12.5. The summed E-state index contributed by atoms with van der Waals surface area (Å²) >= 11 is 0. The molecule has 2 fully saturated rings. The van der Waals surface area contributed by atoms with Crippen LogP contribution in [0.25, 0.3) is 0 Å². The van der Waals surface area contributed by atoms with Gasteiger partial charge in [0, 0.05) is 26.8 Å². The van der Waals surface area contributed by atoms with Crippen molar-refractivity contribution in [3.05, 3.63) is 34.2 Å². The lowest BCUT2D eigenvalue weighted by atomic mass is 9.47. The maximum Gasteiger partial charge on any atom is 0.302 e. The molecule has 5 rings (SSSR count). The molecule has 4 aliphatic rings. The summed E-state index contributed by atoms with van der Waals surface area (Å²) in [7, 11) is 0. The molecule has 0 bridgehead atoms. The van der Waals surface area contributed by atoms with Crippen LogP contribution >= 0.6 is 0 Å². The molecule has 0 aliphatic heterocycles. The predicted molar refractivity (Wildman–Crippen MR) is 144 cm³/mol. The topological polar surface area (TPSA) is 81.2 Å². The smallest absolute Gasteiger partial charge is 0.302 e. The highest BCUT2D eigenvalue weighted by Gasteiger charge is 2.58. The van der Waals surface area contributed by atoms with E-state index in [0.29, 0.717) is 30.2 Å². The van der Waals surface area contributed by atoms with Crippen LogP contribution in [0.4, 0.5) is 0 Å². The van der Waals surface area contributed by atoms with Crippen molar-refractivity contribution in [2.24, 2.45) is 29.1 Å². The molecular weight excluding hydrogens is 462 g/mol. The van der Waals surface area contributed by atoms with Crippen LogP contribution in [0.5, 0.6) is 0 Å². The van der Waals surface area contributed by atoms with Crippen molar-refractivity contribution < 1.29 is 14.3 Å². The number of amides is 1. The molecule has 0 aromatic carbocycles. The number of carbonyl (C=O) groups excluding carboxylic acids is 2. The van der Waals surface area contributed by atoms with Gasteiger partial charge in [-0.05, 0) is 104 Å². The molecule has 0 saturated heterocycles. The second-order valence-corrected chi connectivity index (χ2v) is 13.1. The van der Waals surface area contributed by atoms with Gasteiger partial charge in [-0.3, -0.25) is 9.59 Å². The zero-order valence-corrected chi connectivity index (χ0v) is 23.7. The van der Waals surface area contributed by atoms with Crippen molar-refractivity contribution in [3.8, 4) is 0 Å². The van der Waals surface area contributed by atoms with Crippen LogP contribution in [-0.2, 0) is 32.6 Å². The molecule has 1 N–H and O–H groups in total. The minimum atomic E-state index is -0.155. The third-order valence-electron chi connectivity index (χ3n) is 10.7. The molecule has 1 aromatic rings. The van der Waals surface area contributed by atoms with Crippen LogP contribution < -0.4 is 5.32 Å².